The van der Waals surface area contributed by atoms with Crippen molar-refractivity contribution in [1.29, 1.82) is 0 Å². The van der Waals surface area contributed by atoms with E-state index in [-0.39, 0.29) is 0 Å². The van der Waals surface area contributed by atoms with Crippen LogP contribution in [-0.2, 0) is 13.7 Å². The summed E-state index contributed by atoms with van der Waals surface area (Å²) in [7, 11) is -0.146. The molecule has 0 aliphatic heterocycles. The second-order valence-electron chi connectivity index (χ2n) is 0.589. The zero-order valence-corrected chi connectivity index (χ0v) is 5.91. The Hall–Kier alpha value is 0.770. The van der Waals surface area contributed by atoms with Crippen LogP contribution in [0.5, 0.6) is 0 Å². The third-order valence-electron chi connectivity index (χ3n) is 0.134. The van der Waals surface area contributed by atoms with Crippen molar-refractivity contribution >= 4 is 27.6 Å². The molecular weight excluding hydrogens is 142 g/mol. The molecule has 6 heteroatoms. The van der Waals surface area contributed by atoms with Crippen LogP contribution in [0.4, 0.5) is 0 Å². The fourth-order valence-corrected chi connectivity index (χ4v) is 0. The standard InChI is InChI=1S/H4O3P2S/c1-6(2,5)3-4/h4-5H2. The van der Waals surface area contributed by atoms with Crippen molar-refractivity contribution in [3.05, 3.63) is 0 Å². The first-order valence-corrected chi connectivity index (χ1v) is 4.33. The molecule has 0 aromatic rings. The molecule has 0 saturated carbocycles. The molecule has 38 valence electrons. The van der Waals surface area contributed by atoms with Crippen LogP contribution in [0.1, 0.15) is 0 Å². The highest BCUT2D eigenvalue weighted by molar-refractivity contribution is 8.35. The lowest BCUT2D eigenvalue weighted by atomic mass is 15.8. The molecule has 3 nitrogen and oxygen atoms in total. The van der Waals surface area contributed by atoms with E-state index in [1.54, 1.807) is 9.47 Å². The summed E-state index contributed by atoms with van der Waals surface area (Å²) in [5, 5.41) is 0. The molecule has 0 saturated heterocycles. The second-order valence-corrected chi connectivity index (χ2v) is 4.08. The third-order valence-corrected chi connectivity index (χ3v) is 2.21. The van der Waals surface area contributed by atoms with Crippen LogP contribution in [0.25, 0.3) is 0 Å². The Morgan fingerprint density at radius 2 is 1.67 bits per heavy atom. The number of hydrogen-bond acceptors (Lipinski definition) is 3. The molecule has 0 aromatic heterocycles. The molecule has 6 heavy (non-hydrogen) atoms. The molecule has 0 radical (unpaired) electrons. The normalized spacial score (nSPS) is 11.7. The quantitative estimate of drug-likeness (QED) is 0.485. The maximum absolute atomic E-state index is 9.72. The van der Waals surface area contributed by atoms with Crippen molar-refractivity contribution in [1.82, 2.24) is 0 Å². The Morgan fingerprint density at radius 1 is 1.50 bits per heavy atom. The minimum Gasteiger partial charge on any atom is -0.252 e. The topological polar surface area (TPSA) is 43.4 Å². The molecule has 2 atom stereocenters. The SMILES string of the molecule is O=S(=O)(P)OP. The summed E-state index contributed by atoms with van der Waals surface area (Å²) in [6, 6.07) is 0. The summed E-state index contributed by atoms with van der Waals surface area (Å²) >= 11 is 0. The van der Waals surface area contributed by atoms with Gasteiger partial charge in [0.05, 0.1) is 0 Å². The average Bonchev–Trinajstić information content (AvgIpc) is 1.35. The van der Waals surface area contributed by atoms with Crippen LogP contribution in [0.3, 0.4) is 0 Å². The Bertz CT molecular complexity index is 111. The van der Waals surface area contributed by atoms with Gasteiger partial charge < -0.3 is 0 Å². The van der Waals surface area contributed by atoms with Crippen LogP contribution in [0, 0.1) is 0 Å². The van der Waals surface area contributed by atoms with E-state index in [9.17, 15) is 8.42 Å². The van der Waals surface area contributed by atoms with Gasteiger partial charge in [-0.3, -0.25) is 3.97 Å². The van der Waals surface area contributed by atoms with Gasteiger partial charge in [-0.1, -0.05) is 0 Å². The van der Waals surface area contributed by atoms with E-state index in [0.717, 1.165) is 0 Å². The molecule has 0 rings (SSSR count). The molecule has 2 unspecified atom stereocenters. The van der Waals surface area contributed by atoms with Gasteiger partial charge in [-0.25, -0.2) is 0 Å². The Labute approximate surface area is 40.8 Å². The monoisotopic (exact) mass is 146 g/mol. The van der Waals surface area contributed by atoms with Crippen molar-refractivity contribution in [2.24, 2.45) is 0 Å². The molecule has 0 aromatic carbocycles. The maximum atomic E-state index is 9.72. The van der Waals surface area contributed by atoms with Crippen molar-refractivity contribution in [2.45, 2.75) is 0 Å². The van der Waals surface area contributed by atoms with Gasteiger partial charge in [0.25, 0.3) is 9.74 Å². The minimum atomic E-state index is -3.28. The lowest BCUT2D eigenvalue weighted by molar-refractivity contribution is 0.537. The molecular formula is H4O3P2S. The highest BCUT2D eigenvalue weighted by Crippen LogP contribution is 2.05. The van der Waals surface area contributed by atoms with Gasteiger partial charge >= 0.3 is 0 Å². The average molecular weight is 146 g/mol. The van der Waals surface area contributed by atoms with Crippen molar-refractivity contribution < 1.29 is 12.4 Å². The van der Waals surface area contributed by atoms with Gasteiger partial charge in [0.1, 0.15) is 0 Å². The first-order chi connectivity index (χ1) is 2.56. The van der Waals surface area contributed by atoms with Crippen LogP contribution in [-0.4, -0.2) is 8.42 Å². The highest BCUT2D eigenvalue weighted by Gasteiger charge is 1.91. The molecule has 0 aliphatic rings. The van der Waals surface area contributed by atoms with Crippen LogP contribution in [0.2, 0.25) is 0 Å². The summed E-state index contributed by atoms with van der Waals surface area (Å²) in [6.45, 7) is 0. The van der Waals surface area contributed by atoms with Gasteiger partial charge in [0.15, 0.2) is 0 Å². The van der Waals surface area contributed by atoms with E-state index >= 15 is 0 Å². The molecule has 0 bridgehead atoms. The number of rotatable bonds is 1. The first kappa shape index (κ1) is 6.77. The largest absolute Gasteiger partial charge is 0.280 e. The summed E-state index contributed by atoms with van der Waals surface area (Å²) < 4.78 is 23.2. The lowest BCUT2D eigenvalue weighted by Crippen LogP contribution is -1.80. The molecule has 0 spiro atoms. The third kappa shape index (κ3) is 4.77. The zero-order chi connectivity index (χ0) is 5.21. The molecule has 0 fully saturated rings. The Kier molecular flexibility index (Phi) is 2.45. The van der Waals surface area contributed by atoms with Crippen molar-refractivity contribution in [3.8, 4) is 0 Å². The van der Waals surface area contributed by atoms with Crippen LogP contribution in [0.15, 0.2) is 0 Å². The van der Waals surface area contributed by atoms with Gasteiger partial charge in [-0.2, -0.15) is 8.42 Å². The smallest absolute Gasteiger partial charge is 0.252 e. The van der Waals surface area contributed by atoms with Crippen molar-refractivity contribution in [3.63, 3.8) is 0 Å². The Morgan fingerprint density at radius 3 is 1.67 bits per heavy atom. The van der Waals surface area contributed by atoms with Gasteiger partial charge in [0, 0.05) is 17.9 Å². The van der Waals surface area contributed by atoms with Gasteiger partial charge in [0.2, 0.25) is 0 Å². The fraction of sp³-hybridized carbons (Fsp3) is 0. The first-order valence-electron chi connectivity index (χ1n) is 0.971. The summed E-state index contributed by atoms with van der Waals surface area (Å²) in [4.78, 5) is 0. The molecule has 0 N–H and O–H groups in total. The fourth-order valence-electron chi connectivity index (χ4n) is 0. The number of hydrogen-bond donors (Lipinski definition) is 0. The van der Waals surface area contributed by atoms with E-state index in [1.165, 1.54) is 8.44 Å². The lowest BCUT2D eigenvalue weighted by Gasteiger charge is -1.83. The zero-order valence-electron chi connectivity index (χ0n) is 2.79. The summed E-state index contributed by atoms with van der Waals surface area (Å²) in [6.07, 6.45) is 0. The maximum Gasteiger partial charge on any atom is 0.280 e. The van der Waals surface area contributed by atoms with Crippen LogP contribution >= 0.6 is 17.9 Å². The minimum absolute atomic E-state index is 1.52. The summed E-state index contributed by atoms with van der Waals surface area (Å²) in [5.41, 5.74) is 0. The van der Waals surface area contributed by atoms with Gasteiger partial charge in [-0.05, 0) is 0 Å². The second kappa shape index (κ2) is 2.17. The van der Waals surface area contributed by atoms with E-state index in [1.807, 2.05) is 0 Å². The predicted octanol–water partition coefficient (Wildman–Crippen LogP) is -0.0870. The van der Waals surface area contributed by atoms with E-state index in [2.05, 4.69) is 3.97 Å². The van der Waals surface area contributed by atoms with E-state index in [4.69, 9.17) is 0 Å². The van der Waals surface area contributed by atoms with Crippen molar-refractivity contribution in [2.75, 3.05) is 0 Å². The van der Waals surface area contributed by atoms with Crippen LogP contribution < -0.4 is 0 Å². The molecule has 0 amide bonds. The molecule has 0 heterocycles. The molecule has 0 aliphatic carbocycles. The van der Waals surface area contributed by atoms with Gasteiger partial charge in [-0.15, -0.1) is 0 Å². The van der Waals surface area contributed by atoms with E-state index in [0.29, 0.717) is 0 Å². The Balaban J connectivity index is 3.85. The highest BCUT2D eigenvalue weighted by atomic mass is 32.8. The van der Waals surface area contributed by atoms with E-state index < -0.39 is 9.74 Å². The predicted molar refractivity (Wildman–Crippen MR) is 29.4 cm³/mol. The summed E-state index contributed by atoms with van der Waals surface area (Å²) in [5.74, 6) is 0.